The summed E-state index contributed by atoms with van der Waals surface area (Å²) >= 11 is 0. The molecule has 0 N–H and O–H groups in total. The molecule has 2 aliphatic carbocycles. The SMILES string of the molecule is C(=Cc1ccc2c(c1)c1ccccc1n2-c1ccccn1)c1ccc2c(c1)C1(c3ccccc3-c3ccccc31)c1cc(C=Cc3ccc4c(c3)c3ccccc3n4-c3ccccn3)ccc1-2. The molecular formula is C63H40N4. The normalized spacial score (nSPS) is 13.4. The number of aromatic nitrogens is 4. The first-order valence-corrected chi connectivity index (χ1v) is 23.0. The van der Waals surface area contributed by atoms with Crippen LogP contribution in [-0.4, -0.2) is 19.1 Å². The van der Waals surface area contributed by atoms with Crippen LogP contribution in [0.25, 0.3) is 102 Å². The number of pyridine rings is 2. The molecule has 4 aromatic heterocycles. The van der Waals surface area contributed by atoms with Crippen molar-refractivity contribution in [2.45, 2.75) is 5.41 Å². The lowest BCUT2D eigenvalue weighted by Crippen LogP contribution is -2.26. The summed E-state index contributed by atoms with van der Waals surface area (Å²) in [6, 6.07) is 75.2. The number of hydrogen-bond donors (Lipinski definition) is 0. The van der Waals surface area contributed by atoms with E-state index < -0.39 is 5.41 Å². The van der Waals surface area contributed by atoms with Gasteiger partial charge in [-0.2, -0.15) is 0 Å². The fourth-order valence-corrected chi connectivity index (χ4v) is 11.4. The van der Waals surface area contributed by atoms with Crippen molar-refractivity contribution in [1.29, 1.82) is 0 Å². The van der Waals surface area contributed by atoms with Crippen LogP contribution in [-0.2, 0) is 5.41 Å². The quantitative estimate of drug-likeness (QED) is 0.156. The lowest BCUT2D eigenvalue weighted by molar-refractivity contribution is 0.793. The molecule has 67 heavy (non-hydrogen) atoms. The van der Waals surface area contributed by atoms with Gasteiger partial charge in [0, 0.05) is 33.9 Å². The van der Waals surface area contributed by atoms with Gasteiger partial charge < -0.3 is 0 Å². The zero-order valence-corrected chi connectivity index (χ0v) is 36.4. The van der Waals surface area contributed by atoms with E-state index in [1.54, 1.807) is 0 Å². The van der Waals surface area contributed by atoms with Crippen molar-refractivity contribution >= 4 is 67.9 Å². The maximum atomic E-state index is 4.72. The Morgan fingerprint density at radius 1 is 0.299 bits per heavy atom. The molecule has 0 bridgehead atoms. The fourth-order valence-electron chi connectivity index (χ4n) is 11.4. The summed E-state index contributed by atoms with van der Waals surface area (Å²) in [6.45, 7) is 0. The average Bonchev–Trinajstić information content (AvgIpc) is 4.09. The highest BCUT2D eigenvalue weighted by Gasteiger charge is 2.51. The van der Waals surface area contributed by atoms with Gasteiger partial charge in [-0.15, -0.1) is 0 Å². The third-order valence-corrected chi connectivity index (χ3v) is 14.2. The number of benzene rings is 8. The molecule has 12 aromatic rings. The molecule has 0 saturated carbocycles. The van der Waals surface area contributed by atoms with Crippen molar-refractivity contribution in [3.8, 4) is 33.9 Å². The molecule has 8 aromatic carbocycles. The first-order chi connectivity index (χ1) is 33.2. The van der Waals surface area contributed by atoms with Crippen LogP contribution >= 0.6 is 0 Å². The number of hydrogen-bond acceptors (Lipinski definition) is 2. The summed E-state index contributed by atoms with van der Waals surface area (Å²) in [5.41, 5.74) is 19.3. The number of fused-ring (bicyclic) bond motifs is 16. The molecule has 0 radical (unpaired) electrons. The van der Waals surface area contributed by atoms with Crippen molar-refractivity contribution in [3.05, 3.63) is 263 Å². The summed E-state index contributed by atoms with van der Waals surface area (Å²) in [5.74, 6) is 1.84. The number of para-hydroxylation sites is 2. The highest BCUT2D eigenvalue weighted by Crippen LogP contribution is 2.63. The maximum absolute atomic E-state index is 4.72. The van der Waals surface area contributed by atoms with E-state index in [1.807, 2.05) is 36.7 Å². The average molecular weight is 853 g/mol. The Morgan fingerprint density at radius 2 is 0.672 bits per heavy atom. The van der Waals surface area contributed by atoms with Crippen LogP contribution in [0, 0.1) is 0 Å². The van der Waals surface area contributed by atoms with Crippen LogP contribution in [0.2, 0.25) is 0 Å². The van der Waals surface area contributed by atoms with Gasteiger partial charge in [-0.3, -0.25) is 9.13 Å². The summed E-state index contributed by atoms with van der Waals surface area (Å²) in [6.07, 6.45) is 12.8. The lowest BCUT2D eigenvalue weighted by Gasteiger charge is -2.30. The van der Waals surface area contributed by atoms with Crippen molar-refractivity contribution in [2.24, 2.45) is 0 Å². The van der Waals surface area contributed by atoms with E-state index in [9.17, 15) is 0 Å². The van der Waals surface area contributed by atoms with Gasteiger partial charge in [-0.25, -0.2) is 9.97 Å². The standard InChI is InChI=1S/C63H40N4/c1-5-17-53-45(13-1)46-14-2-6-18-54(46)63(53)55-39-43(25-23-41-29-33-59-51(37-41)49-15-3-7-19-57(49)66(59)61-21-9-11-35-64-61)27-31-47(55)48-32-28-44(40-56(48)63)26-24-42-30-34-60-52(38-42)50-16-4-8-20-58(50)67(60)62-22-10-12-36-65-62/h1-40H. The molecule has 14 rings (SSSR count). The maximum Gasteiger partial charge on any atom is 0.137 e. The van der Waals surface area contributed by atoms with Gasteiger partial charge in [-0.1, -0.05) is 158 Å². The van der Waals surface area contributed by atoms with Crippen LogP contribution in [0.15, 0.2) is 219 Å². The van der Waals surface area contributed by atoms with Gasteiger partial charge in [0.2, 0.25) is 0 Å². The molecular weight excluding hydrogens is 813 g/mol. The van der Waals surface area contributed by atoms with E-state index in [1.165, 1.54) is 77.2 Å². The van der Waals surface area contributed by atoms with E-state index in [2.05, 4.69) is 215 Å². The van der Waals surface area contributed by atoms with Crippen LogP contribution in [0.1, 0.15) is 44.5 Å². The van der Waals surface area contributed by atoms with Crippen molar-refractivity contribution in [3.63, 3.8) is 0 Å². The Hall–Kier alpha value is -8.86. The summed E-state index contributed by atoms with van der Waals surface area (Å²) in [5, 5.41) is 4.86. The van der Waals surface area contributed by atoms with Crippen molar-refractivity contribution in [2.75, 3.05) is 0 Å². The van der Waals surface area contributed by atoms with Gasteiger partial charge in [0.15, 0.2) is 0 Å². The fraction of sp³-hybridized carbons (Fsp3) is 0.0159. The van der Waals surface area contributed by atoms with Crippen LogP contribution in [0.4, 0.5) is 0 Å². The van der Waals surface area contributed by atoms with Gasteiger partial charge in [0.1, 0.15) is 11.6 Å². The molecule has 4 heterocycles. The third kappa shape index (κ3) is 5.54. The Labute approximate surface area is 387 Å². The smallest absolute Gasteiger partial charge is 0.137 e. The van der Waals surface area contributed by atoms with Crippen LogP contribution in [0.5, 0.6) is 0 Å². The molecule has 0 saturated heterocycles. The summed E-state index contributed by atoms with van der Waals surface area (Å²) in [4.78, 5) is 9.44. The Balaban J connectivity index is 0.874. The van der Waals surface area contributed by atoms with E-state index in [4.69, 9.17) is 9.97 Å². The molecule has 4 nitrogen and oxygen atoms in total. The van der Waals surface area contributed by atoms with Gasteiger partial charge in [0.25, 0.3) is 0 Å². The second kappa shape index (κ2) is 14.6. The first kappa shape index (κ1) is 37.5. The third-order valence-electron chi connectivity index (χ3n) is 14.2. The minimum absolute atomic E-state index is 0.468. The molecule has 1 spiro atoms. The van der Waals surface area contributed by atoms with Gasteiger partial charge in [-0.05, 0) is 140 Å². The largest absolute Gasteiger partial charge is 0.294 e. The second-order valence-electron chi connectivity index (χ2n) is 17.8. The predicted octanol–water partition coefficient (Wildman–Crippen LogP) is 15.4. The minimum atomic E-state index is -0.468. The predicted molar refractivity (Wildman–Crippen MR) is 278 cm³/mol. The van der Waals surface area contributed by atoms with Crippen LogP contribution < -0.4 is 0 Å². The van der Waals surface area contributed by atoms with Gasteiger partial charge >= 0.3 is 0 Å². The molecule has 0 fully saturated rings. The Bertz CT molecular complexity index is 3770. The topological polar surface area (TPSA) is 35.6 Å². The highest BCUT2D eigenvalue weighted by atomic mass is 15.1. The number of nitrogens with zero attached hydrogens (tertiary/aromatic N) is 4. The van der Waals surface area contributed by atoms with E-state index in [0.29, 0.717) is 0 Å². The van der Waals surface area contributed by atoms with Crippen molar-refractivity contribution in [1.82, 2.24) is 19.1 Å². The molecule has 2 aliphatic rings. The first-order valence-electron chi connectivity index (χ1n) is 23.0. The van der Waals surface area contributed by atoms with Crippen LogP contribution in [0.3, 0.4) is 0 Å². The van der Waals surface area contributed by atoms with E-state index in [0.717, 1.165) is 44.8 Å². The molecule has 0 unspecified atom stereocenters. The lowest BCUT2D eigenvalue weighted by atomic mass is 9.70. The molecule has 0 aliphatic heterocycles. The Kier molecular flexibility index (Phi) is 8.16. The molecule has 0 amide bonds. The van der Waals surface area contributed by atoms with Crippen molar-refractivity contribution < 1.29 is 0 Å². The van der Waals surface area contributed by atoms with Gasteiger partial charge in [0.05, 0.1) is 27.5 Å². The zero-order chi connectivity index (χ0) is 44.1. The monoisotopic (exact) mass is 852 g/mol. The van der Waals surface area contributed by atoms with E-state index in [-0.39, 0.29) is 0 Å². The molecule has 312 valence electrons. The summed E-state index contributed by atoms with van der Waals surface area (Å²) in [7, 11) is 0. The summed E-state index contributed by atoms with van der Waals surface area (Å²) < 4.78 is 4.52. The van der Waals surface area contributed by atoms with E-state index >= 15 is 0 Å². The zero-order valence-electron chi connectivity index (χ0n) is 36.4. The molecule has 0 atom stereocenters. The molecule has 4 heteroatoms. The minimum Gasteiger partial charge on any atom is -0.294 e. The highest BCUT2D eigenvalue weighted by molar-refractivity contribution is 6.11. The Morgan fingerprint density at radius 3 is 1.13 bits per heavy atom. The second-order valence-corrected chi connectivity index (χ2v) is 17.8. The number of rotatable bonds is 6.